The molecular weight excluding hydrogens is 660 g/mol. The van der Waals surface area contributed by atoms with Crippen LogP contribution in [0.4, 0.5) is 5.69 Å². The van der Waals surface area contributed by atoms with E-state index in [-0.39, 0.29) is 10.8 Å². The zero-order valence-electron chi connectivity index (χ0n) is 28.6. The van der Waals surface area contributed by atoms with Gasteiger partial charge in [-0.15, -0.1) is 10.2 Å². The molecule has 2 aliphatic carbocycles. The smallest absolute Gasteiger partial charge is 0.263 e. The molecule has 0 bridgehead atoms. The SMILES string of the molecule is CCN1/C(=C/C2=CC(=C/C=C/C3=CC(=C/c4sc5ccccc5[n+]4CC)/CC(C)(C)C3)/CC(C)(C)C2)Sc2ccccc21.[O-][Cl+3]([O-])([O-])[O-]. The number of hydrogen-bond acceptors (Lipinski definition) is 7. The quantitative estimate of drug-likeness (QED) is 0.280. The molecule has 2 heterocycles. The molecule has 1 aliphatic heterocycles. The lowest BCUT2D eigenvalue weighted by molar-refractivity contribution is -2.00. The van der Waals surface area contributed by atoms with Crippen molar-refractivity contribution in [2.45, 2.75) is 78.7 Å². The van der Waals surface area contributed by atoms with Gasteiger partial charge in [0.1, 0.15) is 11.2 Å². The third-order valence-electron chi connectivity index (χ3n) is 8.62. The first-order valence-corrected chi connectivity index (χ1v) is 19.3. The first-order valence-electron chi connectivity index (χ1n) is 16.4. The average molecular weight is 705 g/mol. The Kier molecular flexibility index (Phi) is 11.3. The number of anilines is 1. The molecule has 0 amide bonds. The fourth-order valence-electron chi connectivity index (χ4n) is 7.00. The van der Waals surface area contributed by atoms with E-state index >= 15 is 0 Å². The number of aromatic nitrogens is 1. The number of aryl methyl sites for hydroxylation is 1. The number of nitrogens with zero attached hydrogens (tertiary/aromatic N) is 2. The van der Waals surface area contributed by atoms with Crippen LogP contribution in [0.15, 0.2) is 117 Å². The molecule has 0 fully saturated rings. The largest absolute Gasteiger partial charge is 0.335 e. The van der Waals surface area contributed by atoms with Crippen LogP contribution in [0.2, 0.25) is 0 Å². The molecule has 0 spiro atoms. The van der Waals surface area contributed by atoms with E-state index < -0.39 is 10.2 Å². The Bertz CT molecular complexity index is 1830. The second-order valence-corrected chi connectivity index (χ2v) is 17.0. The zero-order valence-corrected chi connectivity index (χ0v) is 31.0. The summed E-state index contributed by atoms with van der Waals surface area (Å²) in [5.41, 5.74) is 8.87. The molecule has 0 radical (unpaired) electrons. The van der Waals surface area contributed by atoms with Gasteiger partial charge in [0.25, 0.3) is 5.01 Å². The number of allylic oxidation sites excluding steroid dienone is 10. The first kappa shape index (κ1) is 36.3. The van der Waals surface area contributed by atoms with Gasteiger partial charge in [0, 0.05) is 23.6 Å². The molecule has 254 valence electrons. The summed E-state index contributed by atoms with van der Waals surface area (Å²) in [6.45, 7) is 16.1. The number of benzene rings is 2. The lowest BCUT2D eigenvalue weighted by Gasteiger charge is -2.31. The van der Waals surface area contributed by atoms with Crippen molar-refractivity contribution in [3.05, 3.63) is 117 Å². The predicted molar refractivity (Wildman–Crippen MR) is 188 cm³/mol. The van der Waals surface area contributed by atoms with Crippen molar-refractivity contribution in [3.8, 4) is 0 Å². The highest BCUT2D eigenvalue weighted by molar-refractivity contribution is 8.03. The maximum atomic E-state index is 8.49. The molecular formula is C39H45ClN2O4S2. The van der Waals surface area contributed by atoms with Gasteiger partial charge in [0.15, 0.2) is 0 Å². The van der Waals surface area contributed by atoms with Crippen LogP contribution in [0.1, 0.15) is 72.2 Å². The van der Waals surface area contributed by atoms with Gasteiger partial charge in [-0.1, -0.05) is 105 Å². The van der Waals surface area contributed by atoms with Crippen molar-refractivity contribution < 1.29 is 33.4 Å². The molecule has 6 rings (SSSR count). The fraction of sp³-hybridized carbons (Fsp3) is 0.359. The third-order valence-corrected chi connectivity index (χ3v) is 10.8. The van der Waals surface area contributed by atoms with Crippen molar-refractivity contribution in [1.82, 2.24) is 0 Å². The van der Waals surface area contributed by atoms with Gasteiger partial charge in [-0.2, -0.15) is 4.57 Å². The van der Waals surface area contributed by atoms with Crippen LogP contribution >= 0.6 is 23.1 Å². The van der Waals surface area contributed by atoms with E-state index in [0.29, 0.717) is 0 Å². The van der Waals surface area contributed by atoms with E-state index in [1.807, 2.05) is 23.1 Å². The lowest BCUT2D eigenvalue weighted by Crippen LogP contribution is -2.68. The van der Waals surface area contributed by atoms with Crippen LogP contribution in [0.3, 0.4) is 0 Å². The zero-order chi connectivity index (χ0) is 34.7. The van der Waals surface area contributed by atoms with Gasteiger partial charge in [0.2, 0.25) is 5.52 Å². The molecule has 0 unspecified atom stereocenters. The Morgan fingerprint density at radius 3 is 2.15 bits per heavy atom. The highest BCUT2D eigenvalue weighted by Crippen LogP contribution is 2.47. The summed E-state index contributed by atoms with van der Waals surface area (Å²) in [5, 5.41) is 2.69. The number of thiazole rings is 1. The summed E-state index contributed by atoms with van der Waals surface area (Å²) in [6, 6.07) is 17.6. The van der Waals surface area contributed by atoms with Crippen LogP contribution < -0.4 is 28.1 Å². The lowest BCUT2D eigenvalue weighted by atomic mass is 9.74. The van der Waals surface area contributed by atoms with E-state index in [2.05, 4.69) is 142 Å². The van der Waals surface area contributed by atoms with Crippen molar-refractivity contribution in [2.24, 2.45) is 10.8 Å². The molecule has 2 aromatic carbocycles. The molecule has 3 aromatic rings. The van der Waals surface area contributed by atoms with Crippen LogP contribution in [0, 0.1) is 21.1 Å². The number of fused-ring (bicyclic) bond motifs is 2. The number of halogens is 1. The van der Waals surface area contributed by atoms with Gasteiger partial charge in [-0.05, 0) is 96.9 Å². The topological polar surface area (TPSA) is 99.4 Å². The number of rotatable bonds is 6. The molecule has 1 aromatic heterocycles. The van der Waals surface area contributed by atoms with Gasteiger partial charge in [0.05, 0.1) is 10.7 Å². The molecule has 3 aliphatic rings. The molecule has 0 atom stereocenters. The van der Waals surface area contributed by atoms with E-state index in [1.54, 1.807) is 0 Å². The highest BCUT2D eigenvalue weighted by Gasteiger charge is 2.29. The Morgan fingerprint density at radius 2 is 1.44 bits per heavy atom. The van der Waals surface area contributed by atoms with Crippen LogP contribution in [-0.2, 0) is 6.54 Å². The predicted octanol–water partition coefficient (Wildman–Crippen LogP) is 6.29. The fourth-order valence-corrected chi connectivity index (χ4v) is 9.41. The second kappa shape index (κ2) is 14.9. The maximum Gasteiger partial charge on any atom is 0.263 e. The summed E-state index contributed by atoms with van der Waals surface area (Å²) >= 11 is 3.81. The Labute approximate surface area is 295 Å². The average Bonchev–Trinajstić information content (AvgIpc) is 3.51. The van der Waals surface area contributed by atoms with E-state index in [9.17, 15) is 0 Å². The van der Waals surface area contributed by atoms with Crippen LogP contribution in [0.25, 0.3) is 16.3 Å². The summed E-state index contributed by atoms with van der Waals surface area (Å²) in [6.07, 6.45) is 21.2. The van der Waals surface area contributed by atoms with Crippen molar-refractivity contribution in [1.29, 1.82) is 0 Å². The van der Waals surface area contributed by atoms with Crippen LogP contribution in [0.5, 0.6) is 0 Å². The standard InChI is InChI=1S/C39H45N2S2.ClHO4/c1-7-40-32-16-9-11-18-34(32)42-36(40)22-30-20-28(24-38(3,4)26-30)14-13-15-29-21-31(27-39(5,6)25-29)23-37-41(8-2)33-17-10-12-19-35(33)43-37;2-1(3,4)5/h9-23H,7-8,24-27H2,1-6H3;(H,2,3,4,5)/q+1;/p-1. The van der Waals surface area contributed by atoms with E-state index in [1.165, 1.54) is 53.1 Å². The van der Waals surface area contributed by atoms with Gasteiger partial charge < -0.3 is 4.90 Å². The van der Waals surface area contributed by atoms with Crippen LogP contribution in [-0.4, -0.2) is 6.54 Å². The first-order chi connectivity index (χ1) is 22.6. The minimum absolute atomic E-state index is 0.245. The summed E-state index contributed by atoms with van der Waals surface area (Å²) in [5.74, 6) is 0. The molecule has 6 nitrogen and oxygen atoms in total. The number of para-hydroxylation sites is 2. The summed E-state index contributed by atoms with van der Waals surface area (Å²) < 4.78 is 37.8. The summed E-state index contributed by atoms with van der Waals surface area (Å²) in [7, 11) is -4.94. The van der Waals surface area contributed by atoms with E-state index in [0.717, 1.165) is 38.8 Å². The van der Waals surface area contributed by atoms with Gasteiger partial charge in [-0.25, -0.2) is 18.6 Å². The monoisotopic (exact) mass is 704 g/mol. The number of hydrogen-bond donors (Lipinski definition) is 0. The van der Waals surface area contributed by atoms with Crippen molar-refractivity contribution >= 4 is 45.1 Å². The molecule has 48 heavy (non-hydrogen) atoms. The van der Waals surface area contributed by atoms with Crippen molar-refractivity contribution in [3.63, 3.8) is 0 Å². The Balaban J connectivity index is 0.000000840. The second-order valence-electron chi connectivity index (χ2n) is 14.1. The van der Waals surface area contributed by atoms with Gasteiger partial charge in [-0.3, -0.25) is 0 Å². The van der Waals surface area contributed by atoms with Gasteiger partial charge >= 0.3 is 0 Å². The Morgan fingerprint density at radius 1 is 0.812 bits per heavy atom. The maximum absolute atomic E-state index is 8.49. The highest BCUT2D eigenvalue weighted by atomic mass is 35.7. The minimum atomic E-state index is -4.94. The van der Waals surface area contributed by atoms with E-state index in [4.69, 9.17) is 18.6 Å². The third kappa shape index (κ3) is 9.60. The number of thioether (sulfide) groups is 1. The Hall–Kier alpha value is -2.95. The molecule has 9 heteroatoms. The molecule has 0 saturated heterocycles. The normalized spacial score (nSPS) is 21.5. The minimum Gasteiger partial charge on any atom is -0.335 e. The van der Waals surface area contributed by atoms with Crippen molar-refractivity contribution in [2.75, 3.05) is 11.4 Å². The molecule has 0 saturated carbocycles. The summed E-state index contributed by atoms with van der Waals surface area (Å²) in [4.78, 5) is 3.81. The molecule has 0 N–H and O–H groups in total.